The van der Waals surface area contributed by atoms with E-state index in [1.807, 2.05) is 19.1 Å². The molecule has 1 atom stereocenters. The summed E-state index contributed by atoms with van der Waals surface area (Å²) in [5, 5.41) is 0. The molecule has 0 saturated heterocycles. The van der Waals surface area contributed by atoms with E-state index >= 15 is 0 Å². The van der Waals surface area contributed by atoms with Crippen LogP contribution in [0.4, 0.5) is 4.39 Å². The van der Waals surface area contributed by atoms with Crippen LogP contribution in [0.3, 0.4) is 0 Å². The predicted molar refractivity (Wildman–Crippen MR) is 67.0 cm³/mol. The second-order valence-corrected chi connectivity index (χ2v) is 5.57. The number of rotatable bonds is 4. The Bertz CT molecular complexity index is 320. The molecule has 0 nitrogen and oxygen atoms in total. The molecule has 0 amide bonds. The molecule has 0 spiro atoms. The Morgan fingerprint density at radius 1 is 1.33 bits per heavy atom. The van der Waals surface area contributed by atoms with Crippen molar-refractivity contribution >= 4 is 15.9 Å². The SMILES string of the molecule is Cc1ccc(F)c(CCC(Br)C(C)C)c1. The first-order valence-electron chi connectivity index (χ1n) is 5.40. The first-order chi connectivity index (χ1) is 7.00. The molecule has 0 aliphatic heterocycles. The van der Waals surface area contributed by atoms with Gasteiger partial charge in [-0.1, -0.05) is 47.5 Å². The molecule has 0 heterocycles. The van der Waals surface area contributed by atoms with Crippen molar-refractivity contribution in [1.82, 2.24) is 0 Å². The second kappa shape index (κ2) is 5.64. The number of hydrogen-bond donors (Lipinski definition) is 0. The third kappa shape index (κ3) is 3.94. The lowest BCUT2D eigenvalue weighted by Crippen LogP contribution is -2.08. The van der Waals surface area contributed by atoms with Crippen LogP contribution >= 0.6 is 15.9 Å². The summed E-state index contributed by atoms with van der Waals surface area (Å²) in [5.41, 5.74) is 1.96. The van der Waals surface area contributed by atoms with Crippen LogP contribution in [0, 0.1) is 18.7 Å². The topological polar surface area (TPSA) is 0 Å². The summed E-state index contributed by atoms with van der Waals surface area (Å²) in [6.07, 6.45) is 1.79. The van der Waals surface area contributed by atoms with Crippen LogP contribution in [0.15, 0.2) is 18.2 Å². The first kappa shape index (κ1) is 12.7. The molecule has 1 rings (SSSR count). The predicted octanol–water partition coefficient (Wildman–Crippen LogP) is 4.49. The number of alkyl halides is 1. The van der Waals surface area contributed by atoms with Crippen molar-refractivity contribution in [2.75, 3.05) is 0 Å². The number of aryl methyl sites for hydroxylation is 2. The third-order valence-electron chi connectivity index (χ3n) is 2.61. The lowest BCUT2D eigenvalue weighted by Gasteiger charge is -2.13. The molecule has 0 aromatic heterocycles. The molecule has 84 valence electrons. The van der Waals surface area contributed by atoms with E-state index in [9.17, 15) is 4.39 Å². The van der Waals surface area contributed by atoms with Gasteiger partial charge in [0.05, 0.1) is 0 Å². The zero-order valence-corrected chi connectivity index (χ0v) is 11.1. The molecule has 0 saturated carbocycles. The normalized spacial score (nSPS) is 13.2. The van der Waals surface area contributed by atoms with Crippen molar-refractivity contribution < 1.29 is 4.39 Å². The Balaban J connectivity index is 2.61. The highest BCUT2D eigenvalue weighted by atomic mass is 79.9. The van der Waals surface area contributed by atoms with Gasteiger partial charge in [-0.3, -0.25) is 0 Å². The molecule has 0 fully saturated rings. The van der Waals surface area contributed by atoms with Crippen LogP contribution < -0.4 is 0 Å². The Labute approximate surface area is 100 Å². The van der Waals surface area contributed by atoms with Gasteiger partial charge >= 0.3 is 0 Å². The highest BCUT2D eigenvalue weighted by Gasteiger charge is 2.10. The number of hydrogen-bond acceptors (Lipinski definition) is 0. The van der Waals surface area contributed by atoms with E-state index in [0.29, 0.717) is 10.7 Å². The summed E-state index contributed by atoms with van der Waals surface area (Å²) in [5.74, 6) is 0.516. The van der Waals surface area contributed by atoms with Gasteiger partial charge in [-0.2, -0.15) is 0 Å². The Kier molecular flexibility index (Phi) is 4.78. The fraction of sp³-hybridized carbons (Fsp3) is 0.538. The van der Waals surface area contributed by atoms with Crippen LogP contribution in [-0.4, -0.2) is 4.83 Å². The fourth-order valence-corrected chi connectivity index (χ4v) is 1.75. The number of halogens is 2. The average Bonchev–Trinajstić information content (AvgIpc) is 2.18. The van der Waals surface area contributed by atoms with Crippen molar-refractivity contribution in [2.45, 2.75) is 38.4 Å². The lowest BCUT2D eigenvalue weighted by molar-refractivity contribution is 0.562. The molecule has 0 bridgehead atoms. The second-order valence-electron chi connectivity index (χ2n) is 4.39. The monoisotopic (exact) mass is 272 g/mol. The maximum atomic E-state index is 13.4. The molecule has 1 unspecified atom stereocenters. The van der Waals surface area contributed by atoms with Gasteiger partial charge in [-0.15, -0.1) is 0 Å². The van der Waals surface area contributed by atoms with Crippen molar-refractivity contribution in [3.63, 3.8) is 0 Å². The molecule has 0 N–H and O–H groups in total. The van der Waals surface area contributed by atoms with Gasteiger partial charge in [0, 0.05) is 4.83 Å². The largest absolute Gasteiger partial charge is 0.207 e. The van der Waals surface area contributed by atoms with E-state index in [1.165, 1.54) is 0 Å². The first-order valence-corrected chi connectivity index (χ1v) is 6.31. The smallest absolute Gasteiger partial charge is 0.126 e. The minimum atomic E-state index is -0.0796. The van der Waals surface area contributed by atoms with Gasteiger partial charge in [0.1, 0.15) is 5.82 Å². The third-order valence-corrected chi connectivity index (χ3v) is 4.13. The summed E-state index contributed by atoms with van der Waals surface area (Å²) in [6.45, 7) is 6.34. The Morgan fingerprint density at radius 3 is 2.60 bits per heavy atom. The van der Waals surface area contributed by atoms with Gasteiger partial charge in [-0.25, -0.2) is 4.39 Å². The highest BCUT2D eigenvalue weighted by molar-refractivity contribution is 9.09. The zero-order valence-electron chi connectivity index (χ0n) is 9.56. The average molecular weight is 273 g/mol. The molecular weight excluding hydrogens is 255 g/mol. The molecule has 0 aliphatic rings. The summed E-state index contributed by atoms with van der Waals surface area (Å²) in [6, 6.07) is 5.31. The van der Waals surface area contributed by atoms with E-state index in [0.717, 1.165) is 24.0 Å². The lowest BCUT2D eigenvalue weighted by atomic mass is 10.0. The van der Waals surface area contributed by atoms with Gasteiger partial charge in [0.25, 0.3) is 0 Å². The van der Waals surface area contributed by atoms with E-state index in [-0.39, 0.29) is 5.82 Å². The van der Waals surface area contributed by atoms with Crippen LogP contribution in [0.2, 0.25) is 0 Å². The van der Waals surface area contributed by atoms with Crippen LogP contribution in [-0.2, 0) is 6.42 Å². The quantitative estimate of drug-likeness (QED) is 0.709. The molecular formula is C13H18BrF. The van der Waals surface area contributed by atoms with Gasteiger partial charge in [0.2, 0.25) is 0 Å². The molecule has 0 aliphatic carbocycles. The van der Waals surface area contributed by atoms with Crippen molar-refractivity contribution in [3.05, 3.63) is 35.1 Å². The molecule has 2 heteroatoms. The summed E-state index contributed by atoms with van der Waals surface area (Å²) in [7, 11) is 0. The summed E-state index contributed by atoms with van der Waals surface area (Å²) < 4.78 is 13.4. The minimum absolute atomic E-state index is 0.0796. The fourth-order valence-electron chi connectivity index (χ4n) is 1.52. The molecule has 1 aromatic rings. The standard InChI is InChI=1S/C13H18BrF/c1-9(2)12(14)6-5-11-8-10(3)4-7-13(11)15/h4,7-9,12H,5-6H2,1-3H3. The van der Waals surface area contributed by atoms with E-state index < -0.39 is 0 Å². The van der Waals surface area contributed by atoms with Gasteiger partial charge in [-0.05, 0) is 37.3 Å². The maximum Gasteiger partial charge on any atom is 0.126 e. The molecule has 1 aromatic carbocycles. The van der Waals surface area contributed by atoms with E-state index in [1.54, 1.807) is 6.07 Å². The van der Waals surface area contributed by atoms with E-state index in [2.05, 4.69) is 29.8 Å². The Hall–Kier alpha value is -0.370. The molecule has 15 heavy (non-hydrogen) atoms. The van der Waals surface area contributed by atoms with E-state index in [4.69, 9.17) is 0 Å². The summed E-state index contributed by atoms with van der Waals surface area (Å²) in [4.78, 5) is 0.470. The minimum Gasteiger partial charge on any atom is -0.207 e. The Morgan fingerprint density at radius 2 is 2.00 bits per heavy atom. The zero-order chi connectivity index (χ0) is 11.4. The highest BCUT2D eigenvalue weighted by Crippen LogP contribution is 2.20. The van der Waals surface area contributed by atoms with Gasteiger partial charge < -0.3 is 0 Å². The van der Waals surface area contributed by atoms with Gasteiger partial charge in [0.15, 0.2) is 0 Å². The maximum absolute atomic E-state index is 13.4. The van der Waals surface area contributed by atoms with Crippen LogP contribution in [0.5, 0.6) is 0 Å². The summed E-state index contributed by atoms with van der Waals surface area (Å²) >= 11 is 3.62. The molecule has 0 radical (unpaired) electrons. The number of benzene rings is 1. The van der Waals surface area contributed by atoms with Crippen LogP contribution in [0.25, 0.3) is 0 Å². The van der Waals surface area contributed by atoms with Crippen molar-refractivity contribution in [2.24, 2.45) is 5.92 Å². The van der Waals surface area contributed by atoms with Crippen molar-refractivity contribution in [3.8, 4) is 0 Å². The van der Waals surface area contributed by atoms with Crippen LogP contribution in [0.1, 0.15) is 31.4 Å². The van der Waals surface area contributed by atoms with Crippen molar-refractivity contribution in [1.29, 1.82) is 0 Å².